The van der Waals surface area contributed by atoms with Crippen LogP contribution in [0.25, 0.3) is 10.8 Å². The Morgan fingerprint density at radius 3 is 2.67 bits per heavy atom. The Balaban J connectivity index is 1.65. The third-order valence-corrected chi connectivity index (χ3v) is 4.01. The van der Waals surface area contributed by atoms with Gasteiger partial charge in [0.15, 0.2) is 0 Å². The molecule has 1 aliphatic heterocycles. The number of benzene rings is 2. The van der Waals surface area contributed by atoms with Crippen molar-refractivity contribution in [3.05, 3.63) is 42.0 Å². The van der Waals surface area contributed by atoms with Gasteiger partial charge in [-0.15, -0.1) is 0 Å². The molecule has 21 heavy (non-hydrogen) atoms. The molecule has 0 aliphatic carbocycles. The van der Waals surface area contributed by atoms with Gasteiger partial charge in [-0.25, -0.2) is 0 Å². The number of fused-ring (bicyclic) bond motifs is 1. The van der Waals surface area contributed by atoms with E-state index in [-0.39, 0.29) is 6.42 Å². The van der Waals surface area contributed by atoms with Gasteiger partial charge in [0.1, 0.15) is 5.75 Å². The number of carboxylic acids is 1. The summed E-state index contributed by atoms with van der Waals surface area (Å²) >= 11 is 0. The molecule has 0 saturated carbocycles. The largest absolute Gasteiger partial charge is 0.497 e. The molecule has 0 spiro atoms. The Kier molecular flexibility index (Phi) is 3.80. The molecule has 3 rings (SSSR count). The Morgan fingerprint density at radius 1 is 1.24 bits per heavy atom. The summed E-state index contributed by atoms with van der Waals surface area (Å²) in [4.78, 5) is 12.9. The van der Waals surface area contributed by atoms with Crippen LogP contribution < -0.4 is 4.74 Å². The lowest BCUT2D eigenvalue weighted by atomic mass is 9.95. The quantitative estimate of drug-likeness (QED) is 0.917. The fourth-order valence-electron chi connectivity index (χ4n) is 2.94. The zero-order valence-corrected chi connectivity index (χ0v) is 12.1. The molecular weight excluding hydrogens is 266 g/mol. The van der Waals surface area contributed by atoms with Gasteiger partial charge in [-0.05, 0) is 40.5 Å². The van der Waals surface area contributed by atoms with Gasteiger partial charge in [0.05, 0.1) is 13.5 Å². The first-order valence-corrected chi connectivity index (χ1v) is 7.15. The summed E-state index contributed by atoms with van der Waals surface area (Å²) in [5.41, 5.74) is 1.27. The lowest BCUT2D eigenvalue weighted by Gasteiger charge is -2.38. The number of aliphatic carboxylic acids is 1. The Bertz CT molecular complexity index is 662. The van der Waals surface area contributed by atoms with Crippen molar-refractivity contribution in [1.82, 2.24) is 4.90 Å². The minimum absolute atomic E-state index is 0.286. The van der Waals surface area contributed by atoms with E-state index in [1.165, 1.54) is 16.3 Å². The molecule has 1 fully saturated rings. The maximum absolute atomic E-state index is 10.6. The highest BCUT2D eigenvalue weighted by Gasteiger charge is 2.28. The maximum Gasteiger partial charge on any atom is 0.303 e. The molecule has 4 nitrogen and oxygen atoms in total. The topological polar surface area (TPSA) is 49.8 Å². The molecule has 1 heterocycles. The monoisotopic (exact) mass is 285 g/mol. The van der Waals surface area contributed by atoms with Crippen molar-refractivity contribution in [2.24, 2.45) is 5.92 Å². The van der Waals surface area contributed by atoms with Crippen molar-refractivity contribution in [1.29, 1.82) is 0 Å². The average molecular weight is 285 g/mol. The van der Waals surface area contributed by atoms with Gasteiger partial charge in [0, 0.05) is 19.6 Å². The minimum atomic E-state index is -0.695. The Morgan fingerprint density at radius 2 is 1.95 bits per heavy atom. The van der Waals surface area contributed by atoms with Crippen molar-refractivity contribution >= 4 is 16.7 Å². The van der Waals surface area contributed by atoms with Gasteiger partial charge in [0.25, 0.3) is 0 Å². The molecule has 0 unspecified atom stereocenters. The molecule has 2 aromatic carbocycles. The van der Waals surface area contributed by atoms with Crippen molar-refractivity contribution in [3.8, 4) is 5.75 Å². The van der Waals surface area contributed by atoms with Gasteiger partial charge in [-0.3, -0.25) is 9.69 Å². The van der Waals surface area contributed by atoms with Crippen LogP contribution in [0, 0.1) is 5.92 Å². The van der Waals surface area contributed by atoms with Crippen LogP contribution in [0.4, 0.5) is 0 Å². The summed E-state index contributed by atoms with van der Waals surface area (Å²) in [6.07, 6.45) is 0.286. The molecule has 0 amide bonds. The molecule has 0 radical (unpaired) electrons. The van der Waals surface area contributed by atoms with Gasteiger partial charge in [-0.1, -0.05) is 18.2 Å². The molecule has 1 saturated heterocycles. The van der Waals surface area contributed by atoms with Gasteiger partial charge < -0.3 is 9.84 Å². The molecular formula is C17H19NO3. The van der Waals surface area contributed by atoms with E-state index in [1.807, 2.05) is 12.1 Å². The third-order valence-electron chi connectivity index (χ3n) is 4.01. The van der Waals surface area contributed by atoms with Crippen LogP contribution in [0.3, 0.4) is 0 Å². The second kappa shape index (κ2) is 5.74. The summed E-state index contributed by atoms with van der Waals surface area (Å²) in [5, 5.41) is 11.1. The van der Waals surface area contributed by atoms with Crippen LogP contribution in [-0.4, -0.2) is 36.2 Å². The van der Waals surface area contributed by atoms with Gasteiger partial charge >= 0.3 is 5.97 Å². The van der Waals surface area contributed by atoms with Gasteiger partial charge in [0.2, 0.25) is 0 Å². The number of ether oxygens (including phenoxy) is 1. The number of hydrogen-bond donors (Lipinski definition) is 1. The number of hydrogen-bond acceptors (Lipinski definition) is 3. The second-order valence-corrected chi connectivity index (χ2v) is 5.71. The first-order chi connectivity index (χ1) is 10.1. The van der Waals surface area contributed by atoms with E-state index in [0.717, 1.165) is 25.4 Å². The molecule has 4 heteroatoms. The van der Waals surface area contributed by atoms with Crippen molar-refractivity contribution < 1.29 is 14.6 Å². The van der Waals surface area contributed by atoms with Crippen LogP contribution in [0.1, 0.15) is 12.0 Å². The number of carbonyl (C=O) groups is 1. The highest BCUT2D eigenvalue weighted by molar-refractivity contribution is 5.84. The van der Waals surface area contributed by atoms with Gasteiger partial charge in [-0.2, -0.15) is 0 Å². The summed E-state index contributed by atoms with van der Waals surface area (Å²) < 4.78 is 5.23. The molecule has 0 atom stereocenters. The van der Waals surface area contributed by atoms with Crippen LogP contribution in [0.15, 0.2) is 36.4 Å². The van der Waals surface area contributed by atoms with Crippen molar-refractivity contribution in [3.63, 3.8) is 0 Å². The van der Waals surface area contributed by atoms with E-state index in [0.29, 0.717) is 5.92 Å². The number of likely N-dealkylation sites (tertiary alicyclic amines) is 1. The van der Waals surface area contributed by atoms with Crippen molar-refractivity contribution in [2.45, 2.75) is 13.0 Å². The van der Waals surface area contributed by atoms with E-state index < -0.39 is 5.97 Å². The maximum atomic E-state index is 10.6. The molecule has 2 aromatic rings. The standard InChI is InChI=1S/C17H19NO3/c1-21-16-5-4-14-6-12(2-3-15(14)8-16)9-18-10-13(11-18)7-17(19)20/h2-6,8,13H,7,9-11H2,1H3,(H,19,20). The second-order valence-electron chi connectivity index (χ2n) is 5.71. The molecule has 1 aliphatic rings. The van der Waals surface area contributed by atoms with Crippen LogP contribution >= 0.6 is 0 Å². The van der Waals surface area contributed by atoms with Crippen LogP contribution in [0.2, 0.25) is 0 Å². The summed E-state index contributed by atoms with van der Waals surface area (Å²) in [5.74, 6) is 0.487. The van der Waals surface area contributed by atoms with E-state index in [4.69, 9.17) is 9.84 Å². The normalized spacial score (nSPS) is 15.9. The molecule has 0 aromatic heterocycles. The predicted octanol–water partition coefficient (Wildman–Crippen LogP) is 2.75. The van der Waals surface area contributed by atoms with Crippen molar-refractivity contribution in [2.75, 3.05) is 20.2 Å². The molecule has 110 valence electrons. The number of nitrogens with zero attached hydrogens (tertiary/aromatic N) is 1. The Hall–Kier alpha value is -2.07. The fraction of sp³-hybridized carbons (Fsp3) is 0.353. The van der Waals surface area contributed by atoms with Crippen LogP contribution in [0.5, 0.6) is 5.75 Å². The number of methoxy groups -OCH3 is 1. The number of rotatable bonds is 5. The summed E-state index contributed by atoms with van der Waals surface area (Å²) in [6.45, 7) is 2.65. The van der Waals surface area contributed by atoms with Crippen LogP contribution in [-0.2, 0) is 11.3 Å². The lowest BCUT2D eigenvalue weighted by molar-refractivity contribution is -0.139. The predicted molar refractivity (Wildman–Crippen MR) is 81.5 cm³/mol. The third kappa shape index (κ3) is 3.16. The zero-order chi connectivity index (χ0) is 14.8. The van der Waals surface area contributed by atoms with E-state index in [1.54, 1.807) is 7.11 Å². The highest BCUT2D eigenvalue weighted by Crippen LogP contribution is 2.25. The smallest absolute Gasteiger partial charge is 0.303 e. The van der Waals surface area contributed by atoms with E-state index in [2.05, 4.69) is 29.2 Å². The molecule has 1 N–H and O–H groups in total. The number of carboxylic acid groups (broad SMARTS) is 1. The summed E-state index contributed by atoms with van der Waals surface area (Å²) in [7, 11) is 1.67. The highest BCUT2D eigenvalue weighted by atomic mass is 16.5. The summed E-state index contributed by atoms with van der Waals surface area (Å²) in [6, 6.07) is 12.5. The minimum Gasteiger partial charge on any atom is -0.497 e. The first-order valence-electron chi connectivity index (χ1n) is 7.15. The van der Waals surface area contributed by atoms with E-state index in [9.17, 15) is 4.79 Å². The lowest BCUT2D eigenvalue weighted by Crippen LogP contribution is -2.46. The zero-order valence-electron chi connectivity index (χ0n) is 12.1. The van der Waals surface area contributed by atoms with E-state index >= 15 is 0 Å². The fourth-order valence-corrected chi connectivity index (χ4v) is 2.94. The SMILES string of the molecule is COc1ccc2cc(CN3CC(CC(=O)O)C3)ccc2c1. The first kappa shape index (κ1) is 13.9. The average Bonchev–Trinajstić information content (AvgIpc) is 2.44. The Labute approximate surface area is 123 Å². The molecule has 0 bridgehead atoms.